The Hall–Kier alpha value is -3.19. The van der Waals surface area contributed by atoms with Crippen LogP contribution in [-0.4, -0.2) is 39.9 Å². The van der Waals surface area contributed by atoms with Crippen molar-refractivity contribution in [2.24, 2.45) is 0 Å². The number of hydrogen-bond donors (Lipinski definition) is 5. The molecular weight excluding hydrogens is 452 g/mol. The van der Waals surface area contributed by atoms with E-state index in [0.717, 1.165) is 12.0 Å². The number of amides is 1. The topological polar surface area (TPSA) is 102 Å². The molecule has 3 rings (SSSR count). The zero-order valence-corrected chi connectivity index (χ0v) is 21.6. The van der Waals surface area contributed by atoms with Gasteiger partial charge in [-0.1, -0.05) is 36.4 Å². The Balaban J connectivity index is 1.53. The average molecular weight is 491 g/mol. The van der Waals surface area contributed by atoms with E-state index in [0.29, 0.717) is 36.2 Å². The Morgan fingerprint density at radius 3 is 2.47 bits per heavy atom. The summed E-state index contributed by atoms with van der Waals surface area (Å²) < 4.78 is 0. The molecule has 0 aliphatic heterocycles. The van der Waals surface area contributed by atoms with E-state index in [9.17, 15) is 20.1 Å². The summed E-state index contributed by atoms with van der Waals surface area (Å²) in [7, 11) is 0. The Morgan fingerprint density at radius 2 is 1.75 bits per heavy atom. The average Bonchev–Trinajstić information content (AvgIpc) is 2.85. The standard InChI is InChI=1S/C30H38N2O4/c1-20-8-9-22(14-21(20)2)12-13-31-29(36)25-7-5-6-23(15-25)17-30(3,4)32-18-28(35)24-10-11-27(34)26(16-24)19-33/h5-11,14-16,28,32-35H,12-13,17-19H2,1-4H3,(H,31,36)/t28-/m0/s1. The molecule has 0 spiro atoms. The third kappa shape index (κ3) is 7.65. The molecule has 0 fully saturated rings. The molecule has 3 aromatic carbocycles. The van der Waals surface area contributed by atoms with Crippen LogP contribution in [0.2, 0.25) is 0 Å². The molecular formula is C30H38N2O4. The molecule has 0 aliphatic rings. The lowest BCUT2D eigenvalue weighted by atomic mass is 9.93. The van der Waals surface area contributed by atoms with Crippen LogP contribution >= 0.6 is 0 Å². The first-order valence-electron chi connectivity index (χ1n) is 12.4. The van der Waals surface area contributed by atoms with Crippen molar-refractivity contribution in [2.75, 3.05) is 13.1 Å². The molecule has 0 unspecified atom stereocenters. The summed E-state index contributed by atoms with van der Waals surface area (Å²) in [5.74, 6) is -0.0789. The lowest BCUT2D eigenvalue weighted by Crippen LogP contribution is -2.43. The molecule has 5 N–H and O–H groups in total. The normalized spacial score (nSPS) is 12.4. The largest absolute Gasteiger partial charge is 0.508 e. The summed E-state index contributed by atoms with van der Waals surface area (Å²) in [5.41, 5.74) is 6.06. The first-order valence-corrected chi connectivity index (χ1v) is 12.4. The Labute approximate surface area is 214 Å². The number of aliphatic hydroxyl groups is 2. The molecule has 0 bridgehead atoms. The van der Waals surface area contributed by atoms with Crippen molar-refractivity contribution < 1.29 is 20.1 Å². The highest BCUT2D eigenvalue weighted by atomic mass is 16.3. The number of phenols is 1. The van der Waals surface area contributed by atoms with Gasteiger partial charge in [0.25, 0.3) is 5.91 Å². The van der Waals surface area contributed by atoms with E-state index in [4.69, 9.17) is 0 Å². The second-order valence-corrected chi connectivity index (χ2v) is 10.1. The highest BCUT2D eigenvalue weighted by Crippen LogP contribution is 2.23. The molecule has 6 nitrogen and oxygen atoms in total. The number of aryl methyl sites for hydroxylation is 2. The minimum atomic E-state index is -0.787. The molecule has 0 radical (unpaired) electrons. The van der Waals surface area contributed by atoms with Crippen molar-refractivity contribution in [1.82, 2.24) is 10.6 Å². The second kappa shape index (κ2) is 12.2. The molecule has 1 atom stereocenters. The van der Waals surface area contributed by atoms with Crippen molar-refractivity contribution in [1.29, 1.82) is 0 Å². The van der Waals surface area contributed by atoms with Gasteiger partial charge in [0.15, 0.2) is 0 Å². The maximum absolute atomic E-state index is 12.7. The Morgan fingerprint density at radius 1 is 0.972 bits per heavy atom. The van der Waals surface area contributed by atoms with Crippen LogP contribution < -0.4 is 10.6 Å². The highest BCUT2D eigenvalue weighted by molar-refractivity contribution is 5.94. The molecule has 0 aliphatic carbocycles. The minimum Gasteiger partial charge on any atom is -0.508 e. The van der Waals surface area contributed by atoms with Crippen molar-refractivity contribution in [3.8, 4) is 5.75 Å². The number of aromatic hydroxyl groups is 1. The molecule has 3 aromatic rings. The maximum Gasteiger partial charge on any atom is 0.251 e. The lowest BCUT2D eigenvalue weighted by Gasteiger charge is -2.28. The summed E-state index contributed by atoms with van der Waals surface area (Å²) in [6, 6.07) is 18.8. The van der Waals surface area contributed by atoms with Gasteiger partial charge in [0.1, 0.15) is 5.75 Å². The van der Waals surface area contributed by atoms with Gasteiger partial charge >= 0.3 is 0 Å². The van der Waals surface area contributed by atoms with E-state index in [-0.39, 0.29) is 23.8 Å². The van der Waals surface area contributed by atoms with E-state index >= 15 is 0 Å². The summed E-state index contributed by atoms with van der Waals surface area (Å²) in [4.78, 5) is 12.7. The van der Waals surface area contributed by atoms with Gasteiger partial charge in [-0.3, -0.25) is 4.79 Å². The van der Waals surface area contributed by atoms with Crippen LogP contribution in [0.25, 0.3) is 0 Å². The van der Waals surface area contributed by atoms with Crippen LogP contribution in [0.3, 0.4) is 0 Å². The fraction of sp³-hybridized carbons (Fsp3) is 0.367. The molecule has 1 amide bonds. The number of rotatable bonds is 11. The first-order chi connectivity index (χ1) is 17.1. The third-order valence-corrected chi connectivity index (χ3v) is 6.54. The fourth-order valence-corrected chi connectivity index (χ4v) is 4.21. The molecule has 0 saturated carbocycles. The van der Waals surface area contributed by atoms with Crippen molar-refractivity contribution >= 4 is 5.91 Å². The quantitative estimate of drug-likeness (QED) is 0.278. The van der Waals surface area contributed by atoms with E-state index in [1.54, 1.807) is 12.1 Å². The van der Waals surface area contributed by atoms with Gasteiger partial charge in [-0.05, 0) is 92.6 Å². The van der Waals surface area contributed by atoms with E-state index < -0.39 is 6.10 Å². The van der Waals surface area contributed by atoms with E-state index in [1.165, 1.54) is 22.8 Å². The van der Waals surface area contributed by atoms with Crippen LogP contribution in [-0.2, 0) is 19.4 Å². The number of hydrogen-bond acceptors (Lipinski definition) is 5. The van der Waals surface area contributed by atoms with Gasteiger partial charge in [0.05, 0.1) is 12.7 Å². The first kappa shape index (κ1) is 27.4. The van der Waals surface area contributed by atoms with E-state index in [1.807, 2.05) is 38.1 Å². The van der Waals surface area contributed by atoms with Crippen LogP contribution in [0, 0.1) is 13.8 Å². The molecule has 0 heterocycles. The summed E-state index contributed by atoms with van der Waals surface area (Å²) in [5, 5.41) is 36.1. The fourth-order valence-electron chi connectivity index (χ4n) is 4.21. The van der Waals surface area contributed by atoms with E-state index in [2.05, 4.69) is 42.7 Å². The minimum absolute atomic E-state index is 0.0101. The predicted molar refractivity (Wildman–Crippen MR) is 143 cm³/mol. The van der Waals surface area contributed by atoms with Crippen molar-refractivity contribution in [3.63, 3.8) is 0 Å². The molecule has 0 aromatic heterocycles. The Kier molecular flexibility index (Phi) is 9.26. The van der Waals surface area contributed by atoms with Gasteiger partial charge in [0, 0.05) is 29.8 Å². The number of carbonyl (C=O) groups is 1. The molecule has 0 saturated heterocycles. The smallest absolute Gasteiger partial charge is 0.251 e. The SMILES string of the molecule is Cc1ccc(CCNC(=O)c2cccc(CC(C)(C)NC[C@H](O)c3ccc(O)c(CO)c3)c2)cc1C. The van der Waals surface area contributed by atoms with Crippen LogP contribution in [0.15, 0.2) is 60.7 Å². The molecule has 6 heteroatoms. The predicted octanol–water partition coefficient (Wildman–Crippen LogP) is 4.12. The molecule has 192 valence electrons. The monoisotopic (exact) mass is 490 g/mol. The van der Waals surface area contributed by atoms with Crippen molar-refractivity contribution in [3.05, 3.63) is 99.6 Å². The lowest BCUT2D eigenvalue weighted by molar-refractivity contribution is 0.0954. The van der Waals surface area contributed by atoms with Gasteiger partial charge in [-0.25, -0.2) is 0 Å². The Bertz CT molecular complexity index is 1190. The van der Waals surface area contributed by atoms with Gasteiger partial charge in [0.2, 0.25) is 0 Å². The third-order valence-electron chi connectivity index (χ3n) is 6.54. The zero-order valence-electron chi connectivity index (χ0n) is 21.6. The number of aliphatic hydroxyl groups excluding tert-OH is 2. The van der Waals surface area contributed by atoms with Crippen LogP contribution in [0.4, 0.5) is 0 Å². The summed E-state index contributed by atoms with van der Waals surface area (Å²) in [6.07, 6.45) is 0.665. The number of carbonyl (C=O) groups excluding carboxylic acids is 1. The number of nitrogens with one attached hydrogen (secondary N) is 2. The summed E-state index contributed by atoms with van der Waals surface area (Å²) >= 11 is 0. The zero-order chi connectivity index (χ0) is 26.3. The second-order valence-electron chi connectivity index (χ2n) is 10.1. The number of benzene rings is 3. The van der Waals surface area contributed by atoms with Gasteiger partial charge in [-0.2, -0.15) is 0 Å². The molecule has 36 heavy (non-hydrogen) atoms. The highest BCUT2D eigenvalue weighted by Gasteiger charge is 2.21. The maximum atomic E-state index is 12.7. The summed E-state index contributed by atoms with van der Waals surface area (Å²) in [6.45, 7) is 8.88. The van der Waals surface area contributed by atoms with Gasteiger partial charge < -0.3 is 26.0 Å². The van der Waals surface area contributed by atoms with Crippen LogP contribution in [0.5, 0.6) is 5.75 Å². The van der Waals surface area contributed by atoms with Crippen molar-refractivity contribution in [2.45, 2.75) is 58.8 Å². The van der Waals surface area contributed by atoms with Crippen LogP contribution in [0.1, 0.15) is 63.7 Å². The number of β-amino-alcohol motifs (C(OH)–C–C–N with tert-alkyl or cyclic N) is 1. The van der Waals surface area contributed by atoms with Gasteiger partial charge in [-0.15, -0.1) is 0 Å².